The molecule has 160 valence electrons. The first-order valence-electron chi connectivity index (χ1n) is 10.4. The Morgan fingerprint density at radius 1 is 0.903 bits per heavy atom. The van der Waals surface area contributed by atoms with Crippen LogP contribution in [0.3, 0.4) is 0 Å². The number of piperazine rings is 1. The number of carbonyl (C=O) groups is 2. The van der Waals surface area contributed by atoms with E-state index in [-0.39, 0.29) is 11.9 Å². The van der Waals surface area contributed by atoms with Gasteiger partial charge in [0.05, 0.1) is 18.4 Å². The van der Waals surface area contributed by atoms with Crippen LogP contribution in [0.25, 0.3) is 5.69 Å². The number of aromatic nitrogens is 2. The summed E-state index contributed by atoms with van der Waals surface area (Å²) in [5, 5.41) is 10.2. The Kier molecular flexibility index (Phi) is 6.59. The van der Waals surface area contributed by atoms with Gasteiger partial charge in [0.15, 0.2) is 0 Å². The largest absolute Gasteiger partial charge is 0.334 e. The zero-order valence-electron chi connectivity index (χ0n) is 17.3. The maximum absolute atomic E-state index is 12.5. The van der Waals surface area contributed by atoms with E-state index in [0.29, 0.717) is 39.3 Å². The van der Waals surface area contributed by atoms with E-state index in [1.54, 1.807) is 15.8 Å². The normalized spacial score (nSPS) is 14.3. The number of para-hydroxylation sites is 2. The number of rotatable bonds is 6. The van der Waals surface area contributed by atoms with Gasteiger partial charge in [0.1, 0.15) is 0 Å². The van der Waals surface area contributed by atoms with E-state index in [1.165, 1.54) is 0 Å². The molecular weight excluding hydrogens is 392 g/mol. The van der Waals surface area contributed by atoms with E-state index in [2.05, 4.69) is 20.6 Å². The van der Waals surface area contributed by atoms with Gasteiger partial charge < -0.3 is 15.5 Å². The van der Waals surface area contributed by atoms with Crippen LogP contribution >= 0.6 is 0 Å². The van der Waals surface area contributed by atoms with E-state index in [1.807, 2.05) is 66.9 Å². The molecule has 0 spiro atoms. The molecule has 0 bridgehead atoms. The number of hydrogen-bond donors (Lipinski definition) is 2. The van der Waals surface area contributed by atoms with Gasteiger partial charge in [0.2, 0.25) is 5.91 Å². The third kappa shape index (κ3) is 5.70. The fourth-order valence-corrected chi connectivity index (χ4v) is 3.50. The summed E-state index contributed by atoms with van der Waals surface area (Å²) in [6.07, 6.45) is 3.68. The highest BCUT2D eigenvalue weighted by Crippen LogP contribution is 2.09. The van der Waals surface area contributed by atoms with Crippen LogP contribution in [0, 0.1) is 0 Å². The van der Waals surface area contributed by atoms with Crippen molar-refractivity contribution in [2.75, 3.05) is 38.0 Å². The lowest BCUT2D eigenvalue weighted by Crippen LogP contribution is -2.52. The summed E-state index contributed by atoms with van der Waals surface area (Å²) in [5.74, 6) is -0.0421. The van der Waals surface area contributed by atoms with Crippen molar-refractivity contribution in [3.05, 3.63) is 78.6 Å². The van der Waals surface area contributed by atoms with Crippen LogP contribution in [0.1, 0.15) is 5.56 Å². The highest BCUT2D eigenvalue weighted by Gasteiger charge is 2.22. The second-order valence-electron chi connectivity index (χ2n) is 7.46. The van der Waals surface area contributed by atoms with E-state index >= 15 is 0 Å². The molecule has 1 fully saturated rings. The number of benzene rings is 2. The summed E-state index contributed by atoms with van der Waals surface area (Å²) < 4.78 is 1.79. The first-order valence-corrected chi connectivity index (χ1v) is 10.4. The molecule has 2 heterocycles. The third-order valence-electron chi connectivity index (χ3n) is 5.18. The van der Waals surface area contributed by atoms with Gasteiger partial charge in [-0.25, -0.2) is 9.48 Å². The molecule has 0 saturated carbocycles. The van der Waals surface area contributed by atoms with Gasteiger partial charge >= 0.3 is 6.03 Å². The minimum Gasteiger partial charge on any atom is -0.334 e. The topological polar surface area (TPSA) is 82.5 Å². The van der Waals surface area contributed by atoms with Crippen LogP contribution in [-0.4, -0.2) is 64.2 Å². The SMILES string of the molecule is O=C(CN1CCN(C(=O)NCc2cnn(-c3ccccc3)c2)CC1)Nc1ccccc1. The predicted molar refractivity (Wildman–Crippen MR) is 119 cm³/mol. The van der Waals surface area contributed by atoms with Crippen molar-refractivity contribution in [3.8, 4) is 5.69 Å². The van der Waals surface area contributed by atoms with Crippen LogP contribution in [0.2, 0.25) is 0 Å². The average molecular weight is 419 g/mol. The van der Waals surface area contributed by atoms with Gasteiger partial charge in [-0.2, -0.15) is 5.10 Å². The quantitative estimate of drug-likeness (QED) is 0.644. The molecule has 0 radical (unpaired) electrons. The first kappa shape index (κ1) is 20.6. The molecule has 2 N–H and O–H groups in total. The molecule has 3 amide bonds. The second kappa shape index (κ2) is 9.90. The minimum atomic E-state index is -0.0964. The maximum atomic E-state index is 12.5. The Morgan fingerprint density at radius 3 is 2.29 bits per heavy atom. The van der Waals surface area contributed by atoms with Gasteiger partial charge in [0, 0.05) is 50.2 Å². The van der Waals surface area contributed by atoms with Crippen molar-refractivity contribution in [2.45, 2.75) is 6.54 Å². The number of hydrogen-bond acceptors (Lipinski definition) is 4. The molecule has 8 nitrogen and oxygen atoms in total. The zero-order chi connectivity index (χ0) is 21.5. The Labute approximate surface area is 181 Å². The van der Waals surface area contributed by atoms with Crippen LogP contribution in [0.15, 0.2) is 73.1 Å². The Hall–Kier alpha value is -3.65. The van der Waals surface area contributed by atoms with E-state index in [0.717, 1.165) is 16.9 Å². The smallest absolute Gasteiger partial charge is 0.317 e. The number of nitrogens with zero attached hydrogens (tertiary/aromatic N) is 4. The number of anilines is 1. The highest BCUT2D eigenvalue weighted by atomic mass is 16.2. The lowest BCUT2D eigenvalue weighted by Gasteiger charge is -2.34. The molecule has 0 atom stereocenters. The van der Waals surface area contributed by atoms with Crippen LogP contribution in [0.4, 0.5) is 10.5 Å². The van der Waals surface area contributed by atoms with Crippen molar-refractivity contribution in [2.24, 2.45) is 0 Å². The average Bonchev–Trinajstić information content (AvgIpc) is 3.28. The maximum Gasteiger partial charge on any atom is 0.317 e. The van der Waals surface area contributed by atoms with Crippen molar-refractivity contribution >= 4 is 17.6 Å². The summed E-state index contributed by atoms with van der Waals surface area (Å²) in [4.78, 5) is 28.6. The van der Waals surface area contributed by atoms with Gasteiger partial charge in [-0.1, -0.05) is 36.4 Å². The molecule has 2 aromatic carbocycles. The molecule has 1 saturated heterocycles. The van der Waals surface area contributed by atoms with Crippen molar-refractivity contribution in [1.82, 2.24) is 24.9 Å². The fourth-order valence-electron chi connectivity index (χ4n) is 3.50. The lowest BCUT2D eigenvalue weighted by atomic mass is 10.3. The van der Waals surface area contributed by atoms with E-state index in [4.69, 9.17) is 0 Å². The first-order chi connectivity index (χ1) is 15.2. The van der Waals surface area contributed by atoms with Crippen molar-refractivity contribution < 1.29 is 9.59 Å². The van der Waals surface area contributed by atoms with Gasteiger partial charge in [-0.05, 0) is 24.3 Å². The summed E-state index contributed by atoms with van der Waals surface area (Å²) >= 11 is 0. The Bertz CT molecular complexity index is 997. The molecule has 1 aliphatic heterocycles. The highest BCUT2D eigenvalue weighted by molar-refractivity contribution is 5.92. The number of carbonyl (C=O) groups excluding carboxylic acids is 2. The summed E-state index contributed by atoms with van der Waals surface area (Å²) in [7, 11) is 0. The monoisotopic (exact) mass is 418 g/mol. The molecule has 4 rings (SSSR count). The fraction of sp³-hybridized carbons (Fsp3) is 0.261. The van der Waals surface area contributed by atoms with Crippen molar-refractivity contribution in [1.29, 1.82) is 0 Å². The zero-order valence-corrected chi connectivity index (χ0v) is 17.3. The second-order valence-corrected chi connectivity index (χ2v) is 7.46. The van der Waals surface area contributed by atoms with E-state index < -0.39 is 0 Å². The molecule has 8 heteroatoms. The summed E-state index contributed by atoms with van der Waals surface area (Å²) in [6, 6.07) is 19.2. The summed E-state index contributed by atoms with van der Waals surface area (Å²) in [5.41, 5.74) is 2.71. The Morgan fingerprint density at radius 2 is 1.58 bits per heavy atom. The number of nitrogens with one attached hydrogen (secondary N) is 2. The molecule has 31 heavy (non-hydrogen) atoms. The van der Waals surface area contributed by atoms with Gasteiger partial charge in [-0.15, -0.1) is 0 Å². The van der Waals surface area contributed by atoms with Crippen LogP contribution < -0.4 is 10.6 Å². The Balaban J connectivity index is 1.19. The molecule has 1 aliphatic rings. The standard InChI is InChI=1S/C23H26N6O2/c30-22(26-20-7-3-1-4-8-20)18-27-11-13-28(14-12-27)23(31)24-15-19-16-25-29(17-19)21-9-5-2-6-10-21/h1-10,16-17H,11-15,18H2,(H,24,31)(H,26,30). The van der Waals surface area contributed by atoms with Crippen molar-refractivity contribution in [3.63, 3.8) is 0 Å². The molecule has 3 aromatic rings. The van der Waals surface area contributed by atoms with Gasteiger partial charge in [0.25, 0.3) is 0 Å². The number of amides is 3. The van der Waals surface area contributed by atoms with Gasteiger partial charge in [-0.3, -0.25) is 9.69 Å². The van der Waals surface area contributed by atoms with Crippen LogP contribution in [0.5, 0.6) is 0 Å². The lowest BCUT2D eigenvalue weighted by molar-refractivity contribution is -0.117. The minimum absolute atomic E-state index is 0.0421. The van der Waals surface area contributed by atoms with Crippen LogP contribution in [-0.2, 0) is 11.3 Å². The molecule has 0 aliphatic carbocycles. The van der Waals surface area contributed by atoms with E-state index in [9.17, 15) is 9.59 Å². The summed E-state index contributed by atoms with van der Waals surface area (Å²) in [6.45, 7) is 3.26. The molecule has 1 aromatic heterocycles. The molecule has 0 unspecified atom stereocenters. The third-order valence-corrected chi connectivity index (χ3v) is 5.18. The number of urea groups is 1. The molecular formula is C23H26N6O2. The predicted octanol–water partition coefficient (Wildman–Crippen LogP) is 2.34.